The molecule has 46 heavy (non-hydrogen) atoms. The highest BCUT2D eigenvalue weighted by Crippen LogP contribution is 2.38. The number of aryl methyl sites for hydroxylation is 3. The second kappa shape index (κ2) is 14.4. The fourth-order valence-electron chi connectivity index (χ4n) is 5.17. The smallest absolute Gasteiger partial charge is 0.303 e. The highest BCUT2D eigenvalue weighted by molar-refractivity contribution is 7.89. The van der Waals surface area contributed by atoms with E-state index in [1.54, 1.807) is 24.3 Å². The Labute approximate surface area is 268 Å². The van der Waals surface area contributed by atoms with Gasteiger partial charge >= 0.3 is 5.97 Å². The van der Waals surface area contributed by atoms with Crippen molar-refractivity contribution in [2.45, 2.75) is 52.9 Å². The Morgan fingerprint density at radius 1 is 0.717 bits per heavy atom. The molecule has 0 aromatic heterocycles. The van der Waals surface area contributed by atoms with E-state index in [1.807, 2.05) is 43.7 Å². The van der Waals surface area contributed by atoms with Crippen LogP contribution < -0.4 is 14.2 Å². The number of aromatic hydroxyl groups is 2. The van der Waals surface area contributed by atoms with Crippen LogP contribution in [-0.2, 0) is 38.9 Å². The molecule has 242 valence electrons. The molecule has 0 atom stereocenters. The molecule has 0 heterocycles. The summed E-state index contributed by atoms with van der Waals surface area (Å²) >= 11 is 0. The van der Waals surface area contributed by atoms with Gasteiger partial charge in [0.25, 0.3) is 0 Å². The van der Waals surface area contributed by atoms with E-state index in [0.717, 1.165) is 45.2 Å². The van der Waals surface area contributed by atoms with Crippen LogP contribution in [0, 0.1) is 20.8 Å². The molecule has 4 N–H and O–H groups in total. The Hall–Kier alpha value is -5.03. The first-order chi connectivity index (χ1) is 21.7. The molecule has 0 saturated heterocycles. The van der Waals surface area contributed by atoms with Gasteiger partial charge in [0, 0.05) is 19.3 Å². The number of sulfonamides is 1. The molecule has 0 unspecified atom stereocenters. The van der Waals surface area contributed by atoms with E-state index in [9.17, 15) is 33.3 Å². The molecule has 0 spiro atoms. The number of aliphatic carboxylic acids is 1. The molecule has 0 saturated carbocycles. The highest BCUT2D eigenvalue weighted by atomic mass is 32.2. The lowest BCUT2D eigenvalue weighted by atomic mass is 9.90. The molecule has 4 aromatic carbocycles. The van der Waals surface area contributed by atoms with Crippen LogP contribution in [0.25, 0.3) is 0 Å². The van der Waals surface area contributed by atoms with Gasteiger partial charge in [0.1, 0.15) is 34.5 Å². The van der Waals surface area contributed by atoms with E-state index in [2.05, 4.69) is 0 Å². The number of ether oxygens (including phenoxy) is 2. The first-order valence-corrected chi connectivity index (χ1v) is 16.5. The van der Waals surface area contributed by atoms with E-state index in [-0.39, 0.29) is 37.2 Å². The zero-order valence-electron chi connectivity index (χ0n) is 26.1. The fraction of sp³-hybridized carbons (Fsp3) is 0.257. The van der Waals surface area contributed by atoms with Crippen LogP contribution in [0.3, 0.4) is 0 Å². The minimum absolute atomic E-state index is 0.0440. The summed E-state index contributed by atoms with van der Waals surface area (Å²) in [6.45, 7) is 5.68. The molecular weight excluding hydrogens is 610 g/mol. The van der Waals surface area contributed by atoms with Gasteiger partial charge in [0.05, 0.1) is 6.26 Å². The van der Waals surface area contributed by atoms with Crippen LogP contribution in [0.1, 0.15) is 51.8 Å². The number of phenolic OH excluding ortho intramolecular Hbond substituents is 2. The largest absolute Gasteiger partial charge is 0.508 e. The van der Waals surface area contributed by atoms with Crippen LogP contribution in [0.5, 0.6) is 34.5 Å². The SMILES string of the molecule is Cc1cc(CCC(=O)NS(C)(=O)=O)cc(Cc2cc(CCC(=O)O)c(C)c(Oc3ccc(O)cc3)c2C)c1Oc1ccc(O)cc1. The third kappa shape index (κ3) is 9.24. The quantitative estimate of drug-likeness (QED) is 0.132. The summed E-state index contributed by atoms with van der Waals surface area (Å²) in [7, 11) is -3.68. The lowest BCUT2D eigenvalue weighted by Crippen LogP contribution is -2.29. The van der Waals surface area contributed by atoms with Gasteiger partial charge in [-0.05, 0) is 121 Å². The second-order valence-electron chi connectivity index (χ2n) is 11.2. The van der Waals surface area contributed by atoms with Crippen molar-refractivity contribution in [2.75, 3.05) is 6.26 Å². The Bertz CT molecular complexity index is 1850. The Kier molecular flexibility index (Phi) is 10.6. The minimum Gasteiger partial charge on any atom is -0.508 e. The van der Waals surface area contributed by atoms with E-state index in [1.165, 1.54) is 24.3 Å². The number of phenols is 2. The van der Waals surface area contributed by atoms with Crippen molar-refractivity contribution in [1.82, 2.24) is 4.72 Å². The van der Waals surface area contributed by atoms with Crippen molar-refractivity contribution >= 4 is 21.9 Å². The monoisotopic (exact) mass is 647 g/mol. The lowest BCUT2D eigenvalue weighted by Gasteiger charge is -2.21. The van der Waals surface area contributed by atoms with Gasteiger partial charge in [-0.15, -0.1) is 0 Å². The number of rotatable bonds is 13. The summed E-state index contributed by atoms with van der Waals surface area (Å²) in [5.74, 6) is 0.820. The third-order valence-corrected chi connectivity index (χ3v) is 8.05. The van der Waals surface area contributed by atoms with Crippen molar-refractivity contribution in [2.24, 2.45) is 0 Å². The van der Waals surface area contributed by atoms with Crippen LogP contribution in [-0.4, -0.2) is 41.9 Å². The van der Waals surface area contributed by atoms with Gasteiger partial charge in [-0.1, -0.05) is 18.2 Å². The molecule has 0 radical (unpaired) electrons. The van der Waals surface area contributed by atoms with Crippen molar-refractivity contribution in [1.29, 1.82) is 0 Å². The topological polar surface area (TPSA) is 159 Å². The number of nitrogens with one attached hydrogen (secondary N) is 1. The second-order valence-corrected chi connectivity index (χ2v) is 13.0. The van der Waals surface area contributed by atoms with Crippen molar-refractivity contribution in [3.05, 3.63) is 106 Å². The average Bonchev–Trinajstić information content (AvgIpc) is 2.97. The zero-order valence-corrected chi connectivity index (χ0v) is 26.9. The fourth-order valence-corrected chi connectivity index (χ4v) is 5.69. The molecular formula is C35H37NO9S. The van der Waals surface area contributed by atoms with Crippen LogP contribution in [0.2, 0.25) is 0 Å². The number of carboxylic acid groups (broad SMARTS) is 1. The number of hydrogen-bond acceptors (Lipinski definition) is 8. The van der Waals surface area contributed by atoms with E-state index in [4.69, 9.17) is 9.47 Å². The molecule has 4 rings (SSSR count). The number of carbonyl (C=O) groups is 2. The van der Waals surface area contributed by atoms with E-state index >= 15 is 0 Å². The maximum absolute atomic E-state index is 12.3. The number of carboxylic acids is 1. The van der Waals surface area contributed by atoms with Gasteiger partial charge in [-0.3, -0.25) is 14.3 Å². The van der Waals surface area contributed by atoms with Gasteiger partial charge in [-0.25, -0.2) is 8.42 Å². The van der Waals surface area contributed by atoms with Gasteiger partial charge in [-0.2, -0.15) is 0 Å². The summed E-state index contributed by atoms with van der Waals surface area (Å²) in [6, 6.07) is 18.4. The zero-order chi connectivity index (χ0) is 33.6. The van der Waals surface area contributed by atoms with Gasteiger partial charge in [0.2, 0.25) is 15.9 Å². The third-order valence-electron chi connectivity index (χ3n) is 7.45. The van der Waals surface area contributed by atoms with E-state index in [0.29, 0.717) is 29.4 Å². The predicted octanol–water partition coefficient (Wildman–Crippen LogP) is 6.22. The number of hydrogen-bond donors (Lipinski definition) is 4. The molecule has 0 aliphatic carbocycles. The maximum atomic E-state index is 12.3. The Morgan fingerprint density at radius 3 is 1.80 bits per heavy atom. The first-order valence-electron chi connectivity index (χ1n) is 14.6. The summed E-state index contributed by atoms with van der Waals surface area (Å²) in [6.07, 6.45) is 1.73. The average molecular weight is 648 g/mol. The van der Waals surface area contributed by atoms with Crippen LogP contribution in [0.4, 0.5) is 0 Å². The van der Waals surface area contributed by atoms with Crippen LogP contribution in [0.15, 0.2) is 66.7 Å². The molecule has 10 nitrogen and oxygen atoms in total. The van der Waals surface area contributed by atoms with Crippen molar-refractivity contribution in [3.63, 3.8) is 0 Å². The lowest BCUT2D eigenvalue weighted by molar-refractivity contribution is -0.137. The van der Waals surface area contributed by atoms with Crippen molar-refractivity contribution < 1.29 is 42.8 Å². The summed E-state index contributed by atoms with van der Waals surface area (Å²) in [4.78, 5) is 23.7. The molecule has 0 fully saturated rings. The first kappa shape index (κ1) is 33.9. The highest BCUT2D eigenvalue weighted by Gasteiger charge is 2.20. The summed E-state index contributed by atoms with van der Waals surface area (Å²) in [5, 5.41) is 28.9. The van der Waals surface area contributed by atoms with Gasteiger partial charge < -0.3 is 24.8 Å². The number of carbonyl (C=O) groups excluding carboxylic acids is 1. The molecule has 0 bridgehead atoms. The van der Waals surface area contributed by atoms with Crippen LogP contribution >= 0.6 is 0 Å². The Balaban J connectivity index is 1.78. The molecule has 1 amide bonds. The molecule has 4 aromatic rings. The predicted molar refractivity (Wildman–Crippen MR) is 174 cm³/mol. The standard InChI is InChI=1S/C35H37NO9S/c1-21-17-24(5-15-32(39)36-46(4,42)43)18-27(34(21)44-30-11-7-28(37)8-12-30)20-26-19-25(6-16-33(40)41)22(2)35(23(26)3)45-31-13-9-29(38)10-14-31/h7-14,17-19,37-38H,5-6,15-16,20H2,1-4H3,(H,36,39)(H,40,41). The summed E-state index contributed by atoms with van der Waals surface area (Å²) in [5.41, 5.74) is 5.66. The number of amides is 1. The van der Waals surface area contributed by atoms with Crippen molar-refractivity contribution in [3.8, 4) is 34.5 Å². The van der Waals surface area contributed by atoms with Gasteiger partial charge in [0.15, 0.2) is 0 Å². The molecule has 11 heteroatoms. The number of benzene rings is 4. The Morgan fingerprint density at radius 2 is 1.26 bits per heavy atom. The maximum Gasteiger partial charge on any atom is 0.303 e. The molecule has 0 aliphatic heterocycles. The normalized spacial score (nSPS) is 11.2. The van der Waals surface area contributed by atoms with E-state index < -0.39 is 21.9 Å². The molecule has 0 aliphatic rings. The summed E-state index contributed by atoms with van der Waals surface area (Å²) < 4.78 is 37.6. The minimum atomic E-state index is -3.68.